The van der Waals surface area contributed by atoms with E-state index in [0.717, 1.165) is 24.3 Å². The monoisotopic (exact) mass is 368 g/mol. The van der Waals surface area contributed by atoms with Crippen LogP contribution in [0.4, 0.5) is 17.6 Å². The normalized spacial score (nSPS) is 20.2. The van der Waals surface area contributed by atoms with Crippen molar-refractivity contribution in [3.8, 4) is 5.75 Å². The van der Waals surface area contributed by atoms with Crippen molar-refractivity contribution in [2.45, 2.75) is 18.3 Å². The number of rotatable bonds is 2. The fourth-order valence-electron chi connectivity index (χ4n) is 2.63. The van der Waals surface area contributed by atoms with E-state index in [0.29, 0.717) is 0 Å². The molecule has 0 unspecified atom stereocenters. The summed E-state index contributed by atoms with van der Waals surface area (Å²) in [4.78, 5) is 12.7. The van der Waals surface area contributed by atoms with Crippen molar-refractivity contribution in [2.24, 2.45) is 5.10 Å². The number of hydrazone groups is 1. The summed E-state index contributed by atoms with van der Waals surface area (Å²) in [5, 5.41) is 24.2. The second kappa shape index (κ2) is 6.10. The van der Waals surface area contributed by atoms with Crippen LogP contribution in [0, 0.1) is 5.82 Å². The van der Waals surface area contributed by atoms with Crippen LogP contribution in [-0.2, 0) is 5.72 Å². The molecule has 1 heterocycles. The first-order chi connectivity index (χ1) is 12.1. The Balaban J connectivity index is 2.10. The Morgan fingerprint density at radius 2 is 1.73 bits per heavy atom. The highest BCUT2D eigenvalue weighted by atomic mass is 19.4. The molecule has 0 saturated carbocycles. The van der Waals surface area contributed by atoms with E-state index in [1.807, 2.05) is 0 Å². The molecule has 0 radical (unpaired) electrons. The van der Waals surface area contributed by atoms with Crippen LogP contribution in [0.3, 0.4) is 0 Å². The van der Waals surface area contributed by atoms with Gasteiger partial charge in [-0.2, -0.15) is 23.3 Å². The molecule has 9 heteroatoms. The lowest BCUT2D eigenvalue weighted by Crippen LogP contribution is -2.43. The van der Waals surface area contributed by atoms with Crippen molar-refractivity contribution < 1.29 is 32.6 Å². The summed E-state index contributed by atoms with van der Waals surface area (Å²) >= 11 is 0. The Kier molecular flexibility index (Phi) is 4.19. The fraction of sp³-hybridized carbons (Fsp3) is 0.176. The molecular formula is C17H12F4N2O3. The molecule has 0 bridgehead atoms. The molecule has 1 amide bonds. The summed E-state index contributed by atoms with van der Waals surface area (Å²) in [7, 11) is 0. The van der Waals surface area contributed by atoms with Crippen LogP contribution < -0.4 is 0 Å². The molecule has 136 valence electrons. The molecule has 0 aliphatic carbocycles. The lowest BCUT2D eigenvalue weighted by molar-refractivity contribution is -0.0816. The summed E-state index contributed by atoms with van der Waals surface area (Å²) in [5.41, 5.74) is -4.32. The Labute approximate surface area is 144 Å². The second-order valence-corrected chi connectivity index (χ2v) is 5.68. The minimum absolute atomic E-state index is 0.148. The molecule has 1 atom stereocenters. The molecule has 0 saturated heterocycles. The number of carbonyl (C=O) groups is 1. The third-order valence-electron chi connectivity index (χ3n) is 3.95. The third kappa shape index (κ3) is 3.01. The van der Waals surface area contributed by atoms with Crippen molar-refractivity contribution in [2.75, 3.05) is 0 Å². The Hall–Kier alpha value is -2.94. The van der Waals surface area contributed by atoms with Crippen molar-refractivity contribution in [1.29, 1.82) is 0 Å². The first kappa shape index (κ1) is 17.9. The zero-order chi connectivity index (χ0) is 19.1. The number of phenolic OH excluding ortho intramolecular Hbond substituents is 1. The molecular weight excluding hydrogens is 356 g/mol. The van der Waals surface area contributed by atoms with E-state index in [1.165, 1.54) is 24.3 Å². The van der Waals surface area contributed by atoms with Gasteiger partial charge in [0.2, 0.25) is 0 Å². The van der Waals surface area contributed by atoms with E-state index in [-0.39, 0.29) is 16.1 Å². The second-order valence-electron chi connectivity index (χ2n) is 5.68. The number of hydrogen-bond acceptors (Lipinski definition) is 4. The lowest BCUT2D eigenvalue weighted by atomic mass is 9.96. The van der Waals surface area contributed by atoms with Gasteiger partial charge in [0, 0.05) is 5.56 Å². The number of alkyl halides is 3. The number of carbonyl (C=O) groups excluding carboxylic acids is 1. The lowest BCUT2D eigenvalue weighted by Gasteiger charge is -2.31. The topological polar surface area (TPSA) is 73.1 Å². The van der Waals surface area contributed by atoms with Gasteiger partial charge in [0.15, 0.2) is 5.72 Å². The zero-order valence-corrected chi connectivity index (χ0v) is 13.0. The van der Waals surface area contributed by atoms with E-state index in [9.17, 15) is 32.6 Å². The van der Waals surface area contributed by atoms with E-state index in [2.05, 4.69) is 5.10 Å². The molecule has 2 aromatic carbocycles. The first-order valence-electron chi connectivity index (χ1n) is 7.38. The third-order valence-corrected chi connectivity index (χ3v) is 3.95. The summed E-state index contributed by atoms with van der Waals surface area (Å²) in [5.74, 6) is -2.27. The summed E-state index contributed by atoms with van der Waals surface area (Å²) in [6.45, 7) is 0. The number of aromatic hydroxyl groups is 1. The van der Waals surface area contributed by atoms with Gasteiger partial charge in [-0.1, -0.05) is 24.3 Å². The van der Waals surface area contributed by atoms with Gasteiger partial charge in [0.1, 0.15) is 17.3 Å². The van der Waals surface area contributed by atoms with Gasteiger partial charge < -0.3 is 10.2 Å². The maximum Gasteiger partial charge on any atom is 0.431 e. The summed E-state index contributed by atoms with van der Waals surface area (Å²) < 4.78 is 52.5. The predicted octanol–water partition coefficient (Wildman–Crippen LogP) is 3.14. The molecule has 3 rings (SSSR count). The Morgan fingerprint density at radius 3 is 2.31 bits per heavy atom. The van der Waals surface area contributed by atoms with Crippen LogP contribution in [0.15, 0.2) is 53.6 Å². The molecule has 2 aromatic rings. The van der Waals surface area contributed by atoms with Crippen LogP contribution >= 0.6 is 0 Å². The van der Waals surface area contributed by atoms with Gasteiger partial charge in [0.25, 0.3) is 5.91 Å². The SMILES string of the molecule is O=C(c1ccccc1O)N1N=C(C(F)(F)F)C[C@]1(O)c1ccc(F)cc1. The number of hydrogen-bond donors (Lipinski definition) is 2. The zero-order valence-electron chi connectivity index (χ0n) is 13.0. The highest BCUT2D eigenvalue weighted by Crippen LogP contribution is 2.41. The number of amides is 1. The number of aliphatic hydroxyl groups is 1. The van der Waals surface area contributed by atoms with Crippen molar-refractivity contribution in [3.63, 3.8) is 0 Å². The maximum atomic E-state index is 13.1. The van der Waals surface area contributed by atoms with Crippen molar-refractivity contribution in [1.82, 2.24) is 5.01 Å². The maximum absolute atomic E-state index is 13.1. The van der Waals surface area contributed by atoms with Gasteiger partial charge in [0.05, 0.1) is 12.0 Å². The first-order valence-corrected chi connectivity index (χ1v) is 7.38. The molecule has 0 aromatic heterocycles. The summed E-state index contributed by atoms with van der Waals surface area (Å²) in [6, 6.07) is 9.20. The quantitative estimate of drug-likeness (QED) is 0.800. The van der Waals surface area contributed by atoms with E-state index >= 15 is 0 Å². The highest BCUT2D eigenvalue weighted by Gasteiger charge is 2.53. The van der Waals surface area contributed by atoms with Gasteiger partial charge in [-0.3, -0.25) is 4.79 Å². The molecule has 26 heavy (non-hydrogen) atoms. The summed E-state index contributed by atoms with van der Waals surface area (Å²) in [6.07, 6.45) is -5.90. The standard InChI is InChI=1S/C17H12F4N2O3/c18-11-7-5-10(6-8-11)16(26)9-14(17(19,20)21)22-23(16)15(25)12-3-1-2-4-13(12)24/h1-8,24,26H,9H2/t16-/m0/s1. The average Bonchev–Trinajstić information content (AvgIpc) is 2.94. The highest BCUT2D eigenvalue weighted by molar-refractivity contribution is 6.01. The molecule has 0 fully saturated rings. The van der Waals surface area contributed by atoms with Gasteiger partial charge in [-0.25, -0.2) is 4.39 Å². The van der Waals surface area contributed by atoms with E-state index < -0.39 is 41.5 Å². The van der Waals surface area contributed by atoms with Crippen molar-refractivity contribution >= 4 is 11.6 Å². The van der Waals surface area contributed by atoms with Gasteiger partial charge in [-0.15, -0.1) is 0 Å². The van der Waals surface area contributed by atoms with Crippen LogP contribution in [-0.4, -0.2) is 33.0 Å². The number of nitrogens with zero attached hydrogens (tertiary/aromatic N) is 2. The molecule has 1 aliphatic rings. The minimum atomic E-state index is -4.87. The molecule has 1 aliphatic heterocycles. The van der Waals surface area contributed by atoms with E-state index in [1.54, 1.807) is 0 Å². The average molecular weight is 368 g/mol. The number of halogens is 4. The smallest absolute Gasteiger partial charge is 0.431 e. The van der Waals surface area contributed by atoms with Crippen LogP contribution in [0.1, 0.15) is 22.3 Å². The molecule has 5 nitrogen and oxygen atoms in total. The van der Waals surface area contributed by atoms with Gasteiger partial charge in [-0.05, 0) is 24.3 Å². The van der Waals surface area contributed by atoms with Crippen molar-refractivity contribution in [3.05, 3.63) is 65.5 Å². The molecule has 2 N–H and O–H groups in total. The van der Waals surface area contributed by atoms with Crippen LogP contribution in [0.2, 0.25) is 0 Å². The largest absolute Gasteiger partial charge is 0.507 e. The van der Waals surface area contributed by atoms with E-state index in [4.69, 9.17) is 0 Å². The molecule has 0 spiro atoms. The van der Waals surface area contributed by atoms with Crippen LogP contribution in [0.25, 0.3) is 0 Å². The number of benzene rings is 2. The number of para-hydroxylation sites is 1. The minimum Gasteiger partial charge on any atom is -0.507 e. The fourth-order valence-corrected chi connectivity index (χ4v) is 2.63. The predicted molar refractivity (Wildman–Crippen MR) is 82.7 cm³/mol. The Bertz CT molecular complexity index is 880. The van der Waals surface area contributed by atoms with Crippen LogP contribution in [0.5, 0.6) is 5.75 Å². The van der Waals surface area contributed by atoms with Gasteiger partial charge >= 0.3 is 6.18 Å². The number of phenols is 1. The Morgan fingerprint density at radius 1 is 1.12 bits per heavy atom.